The number of hydrogen-bond acceptors (Lipinski definition) is 6. The van der Waals surface area contributed by atoms with Crippen molar-refractivity contribution in [1.82, 2.24) is 9.97 Å². The molecule has 0 amide bonds. The Bertz CT molecular complexity index is 1210. The normalized spacial score (nSPS) is 17.6. The molecule has 0 radical (unpaired) electrons. The fourth-order valence-electron chi connectivity index (χ4n) is 3.59. The second-order valence-electron chi connectivity index (χ2n) is 7.53. The summed E-state index contributed by atoms with van der Waals surface area (Å²) in [5.74, 6) is 1.86. The van der Waals surface area contributed by atoms with Gasteiger partial charge in [-0.05, 0) is 49.4 Å². The molecule has 6 nitrogen and oxygen atoms in total. The van der Waals surface area contributed by atoms with Crippen molar-refractivity contribution in [2.75, 3.05) is 6.61 Å². The maximum absolute atomic E-state index is 10.9. The van der Waals surface area contributed by atoms with Crippen LogP contribution in [0.5, 0.6) is 17.2 Å². The molecule has 1 aliphatic heterocycles. The van der Waals surface area contributed by atoms with Crippen molar-refractivity contribution in [3.05, 3.63) is 89.9 Å². The number of fused-ring (bicyclic) bond motifs is 2. The summed E-state index contributed by atoms with van der Waals surface area (Å²) in [4.78, 5) is 8.86. The van der Waals surface area contributed by atoms with Crippen LogP contribution in [0, 0.1) is 6.92 Å². The fraction of sp³-hybridized carbons (Fsp3) is 0.200. The van der Waals surface area contributed by atoms with Crippen LogP contribution in [0.2, 0.25) is 0 Å². The van der Waals surface area contributed by atoms with Crippen LogP contribution in [0.15, 0.2) is 72.9 Å². The van der Waals surface area contributed by atoms with E-state index in [9.17, 15) is 5.11 Å². The van der Waals surface area contributed by atoms with Crippen molar-refractivity contribution in [3.63, 3.8) is 0 Å². The number of para-hydroxylation sites is 1. The first-order valence-corrected chi connectivity index (χ1v) is 10.2. The quantitative estimate of drug-likeness (QED) is 0.522. The second kappa shape index (κ2) is 8.24. The van der Waals surface area contributed by atoms with Gasteiger partial charge < -0.3 is 19.3 Å². The Morgan fingerprint density at radius 2 is 1.90 bits per heavy atom. The van der Waals surface area contributed by atoms with Gasteiger partial charge in [0.25, 0.3) is 0 Å². The molecule has 0 saturated heterocycles. The van der Waals surface area contributed by atoms with E-state index in [1.165, 1.54) is 0 Å². The molecule has 2 unspecified atom stereocenters. The fourth-order valence-corrected chi connectivity index (χ4v) is 3.59. The number of ether oxygens (including phenoxy) is 3. The second-order valence-corrected chi connectivity index (χ2v) is 7.53. The molecule has 0 bridgehead atoms. The van der Waals surface area contributed by atoms with Gasteiger partial charge in [-0.2, -0.15) is 0 Å². The van der Waals surface area contributed by atoms with E-state index in [1.54, 1.807) is 12.3 Å². The Morgan fingerprint density at radius 3 is 2.77 bits per heavy atom. The topological polar surface area (TPSA) is 73.7 Å². The average molecular weight is 414 g/mol. The molecule has 0 aliphatic carbocycles. The minimum atomic E-state index is -0.840. The molecular weight excluding hydrogens is 392 g/mol. The Balaban J connectivity index is 1.30. The molecule has 2 aromatic carbocycles. The molecule has 1 N–H and O–H groups in total. The van der Waals surface area contributed by atoms with Crippen molar-refractivity contribution < 1.29 is 19.3 Å². The molecule has 4 aromatic rings. The lowest BCUT2D eigenvalue weighted by Gasteiger charge is -2.30. The summed E-state index contributed by atoms with van der Waals surface area (Å²) in [7, 11) is 0. The number of rotatable bonds is 5. The van der Waals surface area contributed by atoms with Crippen LogP contribution in [0.3, 0.4) is 0 Å². The highest BCUT2D eigenvalue weighted by Crippen LogP contribution is 2.36. The van der Waals surface area contributed by atoms with E-state index in [4.69, 9.17) is 14.2 Å². The lowest BCUT2D eigenvalue weighted by Crippen LogP contribution is -2.35. The number of aliphatic hydroxyl groups is 1. The van der Waals surface area contributed by atoms with Crippen molar-refractivity contribution in [2.24, 2.45) is 0 Å². The van der Waals surface area contributed by atoms with Gasteiger partial charge in [0.1, 0.15) is 36.6 Å². The predicted molar refractivity (Wildman–Crippen MR) is 116 cm³/mol. The van der Waals surface area contributed by atoms with Crippen LogP contribution in [-0.4, -0.2) is 27.8 Å². The van der Waals surface area contributed by atoms with Crippen molar-refractivity contribution in [3.8, 4) is 17.2 Å². The summed E-state index contributed by atoms with van der Waals surface area (Å²) < 4.78 is 17.6. The Morgan fingerprint density at radius 1 is 1.03 bits per heavy atom. The number of aryl methyl sites for hydroxylation is 1. The zero-order chi connectivity index (χ0) is 21.2. The van der Waals surface area contributed by atoms with Crippen LogP contribution >= 0.6 is 0 Å². The van der Waals surface area contributed by atoms with Crippen LogP contribution in [-0.2, 0) is 6.61 Å². The third-order valence-electron chi connectivity index (χ3n) is 5.27. The number of nitrogens with zero attached hydrogens (tertiary/aromatic N) is 2. The number of hydrogen-bond donors (Lipinski definition) is 1. The van der Waals surface area contributed by atoms with Crippen LogP contribution < -0.4 is 14.2 Å². The molecule has 2 aromatic heterocycles. The summed E-state index contributed by atoms with van der Waals surface area (Å²) in [5, 5.41) is 12.0. The van der Waals surface area contributed by atoms with Crippen molar-refractivity contribution >= 4 is 10.9 Å². The van der Waals surface area contributed by atoms with Gasteiger partial charge in [0, 0.05) is 16.6 Å². The highest BCUT2D eigenvalue weighted by molar-refractivity contribution is 5.78. The zero-order valence-corrected chi connectivity index (χ0v) is 17.1. The highest BCUT2D eigenvalue weighted by atomic mass is 16.5. The third kappa shape index (κ3) is 4.15. The number of benzene rings is 2. The standard InChI is InChI=1S/C25H22N2O4/c1-16-6-9-20(13-26-16)31-24-15-30-23-11-10-19(12-21(23)25(24)28)29-14-18-8-7-17-4-2-3-5-22(17)27-18/h2-13,24-25,28H,14-15H2,1H3. The number of pyridine rings is 2. The van der Waals surface area contributed by atoms with Gasteiger partial charge >= 0.3 is 0 Å². The van der Waals surface area contributed by atoms with Gasteiger partial charge in [-0.15, -0.1) is 0 Å². The minimum absolute atomic E-state index is 0.253. The molecule has 0 spiro atoms. The SMILES string of the molecule is Cc1ccc(OC2COc3ccc(OCc4ccc5ccccc5n4)cc3C2O)cn1. The van der Waals surface area contributed by atoms with Gasteiger partial charge in [0.2, 0.25) is 0 Å². The Kier molecular flexibility index (Phi) is 5.14. The van der Waals surface area contributed by atoms with Gasteiger partial charge in [0.15, 0.2) is 6.10 Å². The van der Waals surface area contributed by atoms with E-state index in [-0.39, 0.29) is 6.61 Å². The molecule has 0 fully saturated rings. The molecule has 1 aliphatic rings. The molecular formula is C25H22N2O4. The van der Waals surface area contributed by atoms with Gasteiger partial charge in [-0.1, -0.05) is 24.3 Å². The summed E-state index contributed by atoms with van der Waals surface area (Å²) >= 11 is 0. The molecule has 31 heavy (non-hydrogen) atoms. The first-order chi connectivity index (χ1) is 15.2. The largest absolute Gasteiger partial charge is 0.489 e. The first kappa shape index (κ1) is 19.3. The lowest BCUT2D eigenvalue weighted by atomic mass is 10.0. The third-order valence-corrected chi connectivity index (χ3v) is 5.27. The van der Waals surface area contributed by atoms with Crippen LogP contribution in [0.4, 0.5) is 0 Å². The van der Waals surface area contributed by atoms with E-state index in [0.29, 0.717) is 29.4 Å². The maximum Gasteiger partial charge on any atom is 0.163 e. The lowest BCUT2D eigenvalue weighted by molar-refractivity contribution is -0.0106. The Labute approximate surface area is 180 Å². The van der Waals surface area contributed by atoms with E-state index >= 15 is 0 Å². The average Bonchev–Trinajstić information content (AvgIpc) is 2.81. The molecule has 2 atom stereocenters. The Hall–Kier alpha value is -3.64. The van der Waals surface area contributed by atoms with Crippen molar-refractivity contribution in [1.29, 1.82) is 0 Å². The summed E-state index contributed by atoms with van der Waals surface area (Å²) in [6.07, 6.45) is 0.273. The monoisotopic (exact) mass is 414 g/mol. The van der Waals surface area contributed by atoms with E-state index < -0.39 is 12.2 Å². The first-order valence-electron chi connectivity index (χ1n) is 10.2. The highest BCUT2D eigenvalue weighted by Gasteiger charge is 2.31. The van der Waals surface area contributed by atoms with Gasteiger partial charge in [-0.25, -0.2) is 4.98 Å². The summed E-state index contributed by atoms with van der Waals surface area (Å²) in [5.41, 5.74) is 3.31. The number of aliphatic hydroxyl groups excluding tert-OH is 1. The van der Waals surface area contributed by atoms with Crippen LogP contribution in [0.1, 0.15) is 23.1 Å². The molecule has 5 rings (SSSR count). The minimum Gasteiger partial charge on any atom is -0.489 e. The van der Waals surface area contributed by atoms with Crippen LogP contribution in [0.25, 0.3) is 10.9 Å². The molecule has 156 valence electrons. The van der Waals surface area contributed by atoms with E-state index in [0.717, 1.165) is 22.3 Å². The van der Waals surface area contributed by atoms with Crippen molar-refractivity contribution in [2.45, 2.75) is 25.7 Å². The summed E-state index contributed by atoms with van der Waals surface area (Å²) in [6.45, 7) is 2.49. The molecule has 0 saturated carbocycles. The zero-order valence-electron chi connectivity index (χ0n) is 17.1. The van der Waals surface area contributed by atoms with E-state index in [2.05, 4.69) is 9.97 Å². The van der Waals surface area contributed by atoms with E-state index in [1.807, 2.05) is 67.6 Å². The van der Waals surface area contributed by atoms with Gasteiger partial charge in [0.05, 0.1) is 17.4 Å². The molecule has 3 heterocycles. The smallest absolute Gasteiger partial charge is 0.163 e. The summed E-state index contributed by atoms with van der Waals surface area (Å²) in [6, 6.07) is 21.1. The maximum atomic E-state index is 10.9. The predicted octanol–water partition coefficient (Wildman–Crippen LogP) is 4.39. The van der Waals surface area contributed by atoms with Gasteiger partial charge in [-0.3, -0.25) is 4.98 Å². The molecule has 6 heteroatoms. The number of aromatic nitrogens is 2.